The Hall–Kier alpha value is -1.91. The van der Waals surface area contributed by atoms with E-state index in [9.17, 15) is 4.79 Å². The largest absolute Gasteiger partial charge is 0.484 e. The van der Waals surface area contributed by atoms with E-state index in [0.717, 1.165) is 12.8 Å². The fourth-order valence-corrected chi connectivity index (χ4v) is 3.10. The number of amides is 1. The molecule has 0 bridgehead atoms. The van der Waals surface area contributed by atoms with Crippen LogP contribution in [0.3, 0.4) is 0 Å². The summed E-state index contributed by atoms with van der Waals surface area (Å²) in [6, 6.07) is 5.94. The van der Waals surface area contributed by atoms with Gasteiger partial charge in [0.15, 0.2) is 18.1 Å². The van der Waals surface area contributed by atoms with E-state index in [2.05, 4.69) is 13.8 Å². The maximum atomic E-state index is 12.4. The fourth-order valence-electron chi connectivity index (χ4n) is 3.10. The number of carbonyl (C=O) groups excluding carboxylic acids is 1. The number of ether oxygens (including phenoxy) is 3. The van der Waals surface area contributed by atoms with E-state index in [0.29, 0.717) is 29.3 Å². The van der Waals surface area contributed by atoms with Crippen LogP contribution in [0.25, 0.3) is 0 Å². The van der Waals surface area contributed by atoms with E-state index in [-0.39, 0.29) is 19.3 Å². The van der Waals surface area contributed by atoms with Crippen LogP contribution in [0.4, 0.5) is 0 Å². The van der Waals surface area contributed by atoms with Crippen LogP contribution in [0.1, 0.15) is 33.1 Å². The molecule has 2 aliphatic heterocycles. The van der Waals surface area contributed by atoms with E-state index in [1.165, 1.54) is 6.42 Å². The highest BCUT2D eigenvalue weighted by atomic mass is 16.7. The van der Waals surface area contributed by atoms with Crippen molar-refractivity contribution < 1.29 is 19.0 Å². The molecular weight excluding hydrogens is 270 g/mol. The number of nitrogens with zero attached hydrogens (tertiary/aromatic N) is 1. The summed E-state index contributed by atoms with van der Waals surface area (Å²) < 4.78 is 16.2. The summed E-state index contributed by atoms with van der Waals surface area (Å²) in [6.07, 6.45) is 3.33. The molecule has 1 aromatic rings. The molecule has 5 nitrogen and oxygen atoms in total. The number of hydrogen-bond donors (Lipinski definition) is 0. The van der Waals surface area contributed by atoms with Gasteiger partial charge in [0, 0.05) is 18.2 Å². The number of hydrogen-bond acceptors (Lipinski definition) is 4. The maximum Gasteiger partial charge on any atom is 0.260 e. The van der Waals surface area contributed by atoms with Gasteiger partial charge in [0.1, 0.15) is 5.75 Å². The number of benzene rings is 1. The van der Waals surface area contributed by atoms with Crippen LogP contribution >= 0.6 is 0 Å². The number of carbonyl (C=O) groups is 1. The summed E-state index contributed by atoms with van der Waals surface area (Å²) in [5.41, 5.74) is 0. The second-order valence-corrected chi connectivity index (χ2v) is 5.73. The van der Waals surface area contributed by atoms with Crippen LogP contribution < -0.4 is 14.2 Å². The molecule has 1 amide bonds. The van der Waals surface area contributed by atoms with Crippen molar-refractivity contribution in [2.75, 3.05) is 13.4 Å². The average Bonchev–Trinajstić information content (AvgIpc) is 2.92. The monoisotopic (exact) mass is 291 g/mol. The van der Waals surface area contributed by atoms with E-state index >= 15 is 0 Å². The molecule has 2 aliphatic rings. The third-order valence-corrected chi connectivity index (χ3v) is 4.19. The molecule has 0 aromatic heterocycles. The molecule has 1 saturated heterocycles. The molecule has 1 fully saturated rings. The number of piperidine rings is 1. The van der Waals surface area contributed by atoms with Crippen molar-refractivity contribution in [1.82, 2.24) is 4.90 Å². The van der Waals surface area contributed by atoms with Crippen molar-refractivity contribution in [3.05, 3.63) is 18.2 Å². The highest BCUT2D eigenvalue weighted by Gasteiger charge is 2.29. The number of likely N-dealkylation sites (tertiary alicyclic amines) is 1. The Kier molecular flexibility index (Phi) is 3.90. The van der Waals surface area contributed by atoms with Crippen LogP contribution in [-0.4, -0.2) is 36.3 Å². The number of fused-ring (bicyclic) bond motifs is 1. The molecule has 2 heterocycles. The Balaban J connectivity index is 1.60. The van der Waals surface area contributed by atoms with E-state index in [1.807, 2.05) is 4.90 Å². The minimum Gasteiger partial charge on any atom is -0.484 e. The molecular formula is C16H21NO4. The molecule has 1 aromatic carbocycles. The Morgan fingerprint density at radius 1 is 1.24 bits per heavy atom. The van der Waals surface area contributed by atoms with Gasteiger partial charge in [-0.15, -0.1) is 0 Å². The Bertz CT molecular complexity index is 521. The van der Waals surface area contributed by atoms with Crippen molar-refractivity contribution in [2.45, 2.75) is 45.2 Å². The topological polar surface area (TPSA) is 48.0 Å². The second-order valence-electron chi connectivity index (χ2n) is 5.73. The summed E-state index contributed by atoms with van der Waals surface area (Å²) in [5.74, 6) is 2.06. The van der Waals surface area contributed by atoms with Gasteiger partial charge in [-0.2, -0.15) is 0 Å². The summed E-state index contributed by atoms with van der Waals surface area (Å²) in [4.78, 5) is 14.3. The SMILES string of the molecule is C[C@@H]1CCC[C@H](C)N1C(=O)COc1ccc2c(c1)OCO2. The summed E-state index contributed by atoms with van der Waals surface area (Å²) in [7, 11) is 0. The first-order valence-corrected chi connectivity index (χ1v) is 7.49. The van der Waals surface area contributed by atoms with Gasteiger partial charge in [-0.3, -0.25) is 4.79 Å². The van der Waals surface area contributed by atoms with Crippen molar-refractivity contribution >= 4 is 5.91 Å². The normalized spacial score (nSPS) is 24.0. The van der Waals surface area contributed by atoms with Gasteiger partial charge < -0.3 is 19.1 Å². The zero-order valence-electron chi connectivity index (χ0n) is 12.5. The fraction of sp³-hybridized carbons (Fsp3) is 0.562. The molecule has 0 saturated carbocycles. The first-order valence-electron chi connectivity index (χ1n) is 7.49. The lowest BCUT2D eigenvalue weighted by molar-refractivity contribution is -0.139. The molecule has 0 N–H and O–H groups in total. The predicted octanol–water partition coefficient (Wildman–Crippen LogP) is 2.58. The molecule has 0 unspecified atom stereocenters. The quantitative estimate of drug-likeness (QED) is 0.859. The van der Waals surface area contributed by atoms with Gasteiger partial charge in [0.2, 0.25) is 6.79 Å². The lowest BCUT2D eigenvalue weighted by atomic mass is 9.97. The average molecular weight is 291 g/mol. The molecule has 21 heavy (non-hydrogen) atoms. The minimum atomic E-state index is 0.0485. The Morgan fingerprint density at radius 2 is 1.95 bits per heavy atom. The van der Waals surface area contributed by atoms with Gasteiger partial charge in [-0.25, -0.2) is 0 Å². The summed E-state index contributed by atoms with van der Waals surface area (Å²) in [6.45, 7) is 4.51. The Morgan fingerprint density at radius 3 is 2.71 bits per heavy atom. The highest BCUT2D eigenvalue weighted by molar-refractivity contribution is 5.78. The predicted molar refractivity (Wildman–Crippen MR) is 77.7 cm³/mol. The van der Waals surface area contributed by atoms with Crippen molar-refractivity contribution in [3.63, 3.8) is 0 Å². The zero-order chi connectivity index (χ0) is 14.8. The van der Waals surface area contributed by atoms with Gasteiger partial charge in [0.05, 0.1) is 0 Å². The van der Waals surface area contributed by atoms with Crippen molar-refractivity contribution in [3.8, 4) is 17.2 Å². The zero-order valence-corrected chi connectivity index (χ0v) is 12.5. The standard InChI is InChI=1S/C16H21NO4/c1-11-4-3-5-12(2)17(11)16(18)9-19-13-6-7-14-15(8-13)21-10-20-14/h6-8,11-12H,3-5,9-10H2,1-2H3/t11-,12+. The molecule has 0 aliphatic carbocycles. The molecule has 5 heteroatoms. The third-order valence-electron chi connectivity index (χ3n) is 4.19. The molecule has 3 rings (SSSR count). The lowest BCUT2D eigenvalue weighted by Crippen LogP contribution is -2.49. The first kappa shape index (κ1) is 14.0. The minimum absolute atomic E-state index is 0.0485. The van der Waals surface area contributed by atoms with Crippen molar-refractivity contribution in [2.24, 2.45) is 0 Å². The van der Waals surface area contributed by atoms with Gasteiger partial charge in [-0.05, 0) is 45.2 Å². The number of rotatable bonds is 3. The van der Waals surface area contributed by atoms with Crippen LogP contribution in [0, 0.1) is 0 Å². The molecule has 2 atom stereocenters. The molecule has 0 radical (unpaired) electrons. The van der Waals surface area contributed by atoms with E-state index in [1.54, 1.807) is 18.2 Å². The van der Waals surface area contributed by atoms with Crippen LogP contribution in [0.2, 0.25) is 0 Å². The van der Waals surface area contributed by atoms with Crippen LogP contribution in [0.5, 0.6) is 17.2 Å². The molecule has 0 spiro atoms. The van der Waals surface area contributed by atoms with E-state index in [4.69, 9.17) is 14.2 Å². The van der Waals surface area contributed by atoms with Gasteiger partial charge in [0.25, 0.3) is 5.91 Å². The van der Waals surface area contributed by atoms with Crippen LogP contribution in [0.15, 0.2) is 18.2 Å². The smallest absolute Gasteiger partial charge is 0.260 e. The summed E-state index contributed by atoms with van der Waals surface area (Å²) in [5, 5.41) is 0. The van der Waals surface area contributed by atoms with Gasteiger partial charge >= 0.3 is 0 Å². The van der Waals surface area contributed by atoms with Crippen LogP contribution in [-0.2, 0) is 4.79 Å². The first-order chi connectivity index (χ1) is 10.1. The van der Waals surface area contributed by atoms with Crippen molar-refractivity contribution in [1.29, 1.82) is 0 Å². The second kappa shape index (κ2) is 5.84. The lowest BCUT2D eigenvalue weighted by Gasteiger charge is -2.38. The Labute approximate surface area is 124 Å². The van der Waals surface area contributed by atoms with Gasteiger partial charge in [-0.1, -0.05) is 0 Å². The molecule has 114 valence electrons. The van der Waals surface area contributed by atoms with E-state index < -0.39 is 0 Å². The highest BCUT2D eigenvalue weighted by Crippen LogP contribution is 2.35. The summed E-state index contributed by atoms with van der Waals surface area (Å²) >= 11 is 0. The maximum absolute atomic E-state index is 12.4. The third kappa shape index (κ3) is 2.91.